The molecular formula is C19H23N3O2S. The van der Waals surface area contributed by atoms with Crippen molar-refractivity contribution in [2.24, 2.45) is 0 Å². The van der Waals surface area contributed by atoms with E-state index < -0.39 is 11.8 Å². The van der Waals surface area contributed by atoms with E-state index >= 15 is 0 Å². The molecule has 5 nitrogen and oxygen atoms in total. The largest absolute Gasteiger partial charge is 0.366 e. The molecule has 1 aromatic carbocycles. The second kappa shape index (κ2) is 6.26. The third kappa shape index (κ3) is 3.18. The fourth-order valence-electron chi connectivity index (χ4n) is 3.97. The molecule has 25 heavy (non-hydrogen) atoms. The average molecular weight is 357 g/mol. The molecule has 1 unspecified atom stereocenters. The average Bonchev–Trinajstić information content (AvgIpc) is 2.50. The molecule has 3 rings (SSSR count). The van der Waals surface area contributed by atoms with Crippen LogP contribution < -0.4 is 15.5 Å². The van der Waals surface area contributed by atoms with E-state index in [0.29, 0.717) is 5.92 Å². The van der Waals surface area contributed by atoms with Crippen LogP contribution >= 0.6 is 12.2 Å². The zero-order chi connectivity index (χ0) is 18.4. The fourth-order valence-corrected chi connectivity index (χ4v) is 4.16. The van der Waals surface area contributed by atoms with Crippen LogP contribution in [0.15, 0.2) is 23.8 Å². The first kappa shape index (κ1) is 17.6. The van der Waals surface area contributed by atoms with Gasteiger partial charge in [-0.05, 0) is 74.7 Å². The van der Waals surface area contributed by atoms with Crippen LogP contribution in [0.2, 0.25) is 0 Å². The molecule has 0 bridgehead atoms. The number of anilines is 1. The van der Waals surface area contributed by atoms with Crippen LogP contribution in [-0.2, 0) is 9.59 Å². The Labute approximate surface area is 153 Å². The van der Waals surface area contributed by atoms with E-state index in [4.69, 9.17) is 12.2 Å². The first-order valence-corrected chi connectivity index (χ1v) is 8.93. The summed E-state index contributed by atoms with van der Waals surface area (Å²) in [6, 6.07) is 6.13. The minimum atomic E-state index is -0.462. The third-order valence-electron chi connectivity index (χ3n) is 4.98. The van der Waals surface area contributed by atoms with Gasteiger partial charge in [0.2, 0.25) is 0 Å². The summed E-state index contributed by atoms with van der Waals surface area (Å²) < 4.78 is 0. The molecule has 1 atom stereocenters. The highest BCUT2D eigenvalue weighted by Crippen LogP contribution is 2.43. The van der Waals surface area contributed by atoms with Crippen LogP contribution in [0.4, 0.5) is 5.69 Å². The maximum Gasteiger partial charge on any atom is 0.263 e. The van der Waals surface area contributed by atoms with Crippen molar-refractivity contribution in [1.82, 2.24) is 10.6 Å². The van der Waals surface area contributed by atoms with Crippen LogP contribution in [-0.4, -0.2) is 29.0 Å². The summed E-state index contributed by atoms with van der Waals surface area (Å²) in [7, 11) is 0. The Morgan fingerprint density at radius 1 is 1.28 bits per heavy atom. The molecule has 2 heterocycles. The Bertz CT molecular complexity index is 776. The van der Waals surface area contributed by atoms with Gasteiger partial charge in [0.15, 0.2) is 5.11 Å². The first-order valence-electron chi connectivity index (χ1n) is 8.53. The van der Waals surface area contributed by atoms with Gasteiger partial charge in [0, 0.05) is 17.8 Å². The van der Waals surface area contributed by atoms with E-state index in [1.807, 2.05) is 6.07 Å². The zero-order valence-electron chi connectivity index (χ0n) is 15.0. The van der Waals surface area contributed by atoms with Gasteiger partial charge in [0.25, 0.3) is 11.8 Å². The minimum Gasteiger partial charge on any atom is -0.366 e. The first-order chi connectivity index (χ1) is 11.7. The van der Waals surface area contributed by atoms with E-state index in [0.717, 1.165) is 18.5 Å². The van der Waals surface area contributed by atoms with Gasteiger partial charge < -0.3 is 4.90 Å². The van der Waals surface area contributed by atoms with Gasteiger partial charge in [-0.25, -0.2) is 0 Å². The summed E-state index contributed by atoms with van der Waals surface area (Å²) in [5.41, 5.74) is 3.51. The quantitative estimate of drug-likeness (QED) is 0.485. The number of carbonyl (C=O) groups excluding carboxylic acids is 2. The summed E-state index contributed by atoms with van der Waals surface area (Å²) in [4.78, 5) is 26.5. The Hall–Kier alpha value is -2.21. The molecule has 1 saturated heterocycles. The monoisotopic (exact) mass is 357 g/mol. The molecule has 1 aromatic rings. The lowest BCUT2D eigenvalue weighted by Gasteiger charge is -2.47. The molecule has 2 amide bonds. The van der Waals surface area contributed by atoms with Gasteiger partial charge in [-0.15, -0.1) is 0 Å². The van der Waals surface area contributed by atoms with E-state index in [2.05, 4.69) is 55.4 Å². The highest BCUT2D eigenvalue weighted by Gasteiger charge is 2.35. The van der Waals surface area contributed by atoms with Crippen molar-refractivity contribution in [3.63, 3.8) is 0 Å². The van der Waals surface area contributed by atoms with E-state index in [1.54, 1.807) is 6.08 Å². The summed E-state index contributed by atoms with van der Waals surface area (Å²) in [5, 5.41) is 4.97. The highest BCUT2D eigenvalue weighted by molar-refractivity contribution is 7.80. The van der Waals surface area contributed by atoms with Crippen LogP contribution in [0, 0.1) is 0 Å². The molecule has 0 aromatic heterocycles. The van der Waals surface area contributed by atoms with Gasteiger partial charge in [-0.3, -0.25) is 20.2 Å². The lowest BCUT2D eigenvalue weighted by atomic mass is 9.79. The lowest BCUT2D eigenvalue weighted by Crippen LogP contribution is -2.51. The van der Waals surface area contributed by atoms with Gasteiger partial charge in [-0.2, -0.15) is 0 Å². The van der Waals surface area contributed by atoms with Gasteiger partial charge in [-0.1, -0.05) is 13.0 Å². The van der Waals surface area contributed by atoms with Gasteiger partial charge in [0.1, 0.15) is 5.57 Å². The van der Waals surface area contributed by atoms with Crippen molar-refractivity contribution in [3.05, 3.63) is 34.9 Å². The number of amides is 2. The number of thiocarbonyl (C=S) groups is 1. The summed E-state index contributed by atoms with van der Waals surface area (Å²) in [6.07, 6.45) is 2.68. The number of nitrogens with zero attached hydrogens (tertiary/aromatic N) is 1. The number of carbonyl (C=O) groups is 2. The van der Waals surface area contributed by atoms with Gasteiger partial charge in [0.05, 0.1) is 0 Å². The minimum absolute atomic E-state index is 0.0482. The maximum atomic E-state index is 12.0. The topological polar surface area (TPSA) is 61.4 Å². The molecule has 2 aliphatic rings. The van der Waals surface area contributed by atoms with Crippen molar-refractivity contribution in [2.45, 2.75) is 45.6 Å². The smallest absolute Gasteiger partial charge is 0.263 e. The van der Waals surface area contributed by atoms with E-state index in [-0.39, 0.29) is 16.2 Å². The molecule has 0 aliphatic carbocycles. The number of nitrogens with one attached hydrogen (secondary N) is 2. The summed E-state index contributed by atoms with van der Waals surface area (Å²) in [5.74, 6) is -0.514. The SMILES string of the molecule is CCN1c2ccc(C=C3C(=O)NC(=S)NC3=O)cc2C(C)CC1(C)C. The summed E-state index contributed by atoms with van der Waals surface area (Å²) >= 11 is 4.82. The molecule has 2 aliphatic heterocycles. The molecule has 0 saturated carbocycles. The lowest BCUT2D eigenvalue weighted by molar-refractivity contribution is -0.123. The van der Waals surface area contributed by atoms with Crippen molar-refractivity contribution in [2.75, 3.05) is 11.4 Å². The fraction of sp³-hybridized carbons (Fsp3) is 0.421. The Morgan fingerprint density at radius 3 is 2.52 bits per heavy atom. The van der Waals surface area contributed by atoms with Crippen molar-refractivity contribution in [3.8, 4) is 0 Å². The van der Waals surface area contributed by atoms with Crippen LogP contribution in [0.5, 0.6) is 0 Å². The van der Waals surface area contributed by atoms with Crippen molar-refractivity contribution < 1.29 is 9.59 Å². The molecule has 2 N–H and O–H groups in total. The Morgan fingerprint density at radius 2 is 1.92 bits per heavy atom. The molecule has 132 valence electrons. The molecule has 6 heteroatoms. The maximum absolute atomic E-state index is 12.0. The van der Waals surface area contributed by atoms with E-state index in [1.165, 1.54) is 11.3 Å². The van der Waals surface area contributed by atoms with Crippen molar-refractivity contribution >= 4 is 40.9 Å². The van der Waals surface area contributed by atoms with Crippen LogP contribution in [0.3, 0.4) is 0 Å². The number of hydrogen-bond donors (Lipinski definition) is 2. The molecular weight excluding hydrogens is 334 g/mol. The normalized spacial score (nSPS) is 22.2. The second-order valence-corrected chi connectivity index (χ2v) is 7.68. The number of benzene rings is 1. The van der Waals surface area contributed by atoms with E-state index in [9.17, 15) is 9.59 Å². The molecule has 0 radical (unpaired) electrons. The second-order valence-electron chi connectivity index (χ2n) is 7.28. The van der Waals surface area contributed by atoms with Gasteiger partial charge >= 0.3 is 0 Å². The summed E-state index contributed by atoms with van der Waals surface area (Å²) in [6.45, 7) is 9.87. The predicted octanol–water partition coefficient (Wildman–Crippen LogP) is 2.71. The highest BCUT2D eigenvalue weighted by atomic mass is 32.1. The third-order valence-corrected chi connectivity index (χ3v) is 5.18. The van der Waals surface area contributed by atoms with Crippen LogP contribution in [0.1, 0.15) is 51.2 Å². The Balaban J connectivity index is 2.01. The number of hydrogen-bond acceptors (Lipinski definition) is 4. The number of rotatable bonds is 2. The predicted molar refractivity (Wildman–Crippen MR) is 103 cm³/mol. The molecule has 1 fully saturated rings. The van der Waals surface area contributed by atoms with Crippen molar-refractivity contribution in [1.29, 1.82) is 0 Å². The van der Waals surface area contributed by atoms with Crippen LogP contribution in [0.25, 0.3) is 6.08 Å². The standard InChI is InChI=1S/C19H23N3O2S/c1-5-22-15-7-6-12(8-13(15)11(2)10-19(22,3)4)9-14-16(23)20-18(25)21-17(14)24/h6-9,11H,5,10H2,1-4H3,(H2,20,21,23,24,25). The number of fused-ring (bicyclic) bond motifs is 1. The zero-order valence-corrected chi connectivity index (χ0v) is 15.8. The Kier molecular flexibility index (Phi) is 4.41. The molecule has 0 spiro atoms.